The third kappa shape index (κ3) is 4.41. The number of anilines is 1. The summed E-state index contributed by atoms with van der Waals surface area (Å²) in [4.78, 5) is 10.4. The molecule has 0 saturated heterocycles. The minimum Gasteiger partial charge on any atom is -0.493 e. The molecule has 0 bridgehead atoms. The van der Waals surface area contributed by atoms with E-state index in [-0.39, 0.29) is 35.8 Å². The number of hydrogen-bond donors (Lipinski definition) is 1. The van der Waals surface area contributed by atoms with Crippen molar-refractivity contribution in [3.05, 3.63) is 88.2 Å². The molecule has 0 aliphatic carbocycles. The van der Waals surface area contributed by atoms with Crippen LogP contribution in [-0.2, 0) is 33.0 Å². The highest BCUT2D eigenvalue weighted by Crippen LogP contribution is 2.40. The largest absolute Gasteiger partial charge is 0.493 e. The molecule has 4 aromatic rings. The molecule has 1 aromatic heterocycles. The Morgan fingerprint density at radius 2 is 1.73 bits per heavy atom. The topological polar surface area (TPSA) is 149 Å². The summed E-state index contributed by atoms with van der Waals surface area (Å²) in [5, 5.41) is 11.9. The van der Waals surface area contributed by atoms with E-state index in [2.05, 4.69) is 4.72 Å². The minimum absolute atomic E-state index is 0.0526. The van der Waals surface area contributed by atoms with Gasteiger partial charge >= 0.3 is 0 Å². The van der Waals surface area contributed by atoms with Crippen molar-refractivity contribution in [1.29, 1.82) is 0 Å². The monoisotopic (exact) mass is 543 g/mol. The van der Waals surface area contributed by atoms with Crippen molar-refractivity contribution >= 4 is 42.4 Å². The molecule has 1 N–H and O–H groups in total. The lowest BCUT2D eigenvalue weighted by Crippen LogP contribution is -2.35. The second-order valence-electron chi connectivity index (χ2n) is 8.29. The molecule has 0 amide bonds. The number of nitrogens with zero attached hydrogens (tertiary/aromatic N) is 2. The number of fused-ring (bicyclic) bond motifs is 3. The molecule has 37 heavy (non-hydrogen) atoms. The second kappa shape index (κ2) is 9.18. The number of rotatable bonds is 7. The third-order valence-electron chi connectivity index (χ3n) is 6.07. The third-order valence-corrected chi connectivity index (χ3v) is 9.36. The van der Waals surface area contributed by atoms with E-state index in [0.29, 0.717) is 22.3 Å². The Balaban J connectivity index is 1.56. The zero-order chi connectivity index (χ0) is 26.4. The molecule has 0 saturated carbocycles. The Kier molecular flexibility index (Phi) is 6.14. The molecule has 1 aliphatic heterocycles. The van der Waals surface area contributed by atoms with Crippen LogP contribution in [0, 0.1) is 10.1 Å². The number of nitro groups is 1. The molecule has 0 spiro atoms. The fourth-order valence-corrected chi connectivity index (χ4v) is 6.95. The summed E-state index contributed by atoms with van der Waals surface area (Å²) < 4.78 is 67.6. The summed E-state index contributed by atoms with van der Waals surface area (Å²) in [7, 11) is -6.70. The van der Waals surface area contributed by atoms with Crippen LogP contribution in [0.5, 0.6) is 5.75 Å². The highest BCUT2D eigenvalue weighted by Gasteiger charge is 2.35. The summed E-state index contributed by atoms with van der Waals surface area (Å²) in [5.41, 5.74) is 0.572. The van der Waals surface area contributed by atoms with Crippen molar-refractivity contribution in [2.24, 2.45) is 0 Å². The molecule has 0 fully saturated rings. The molecular formula is C24H21N3O8S2. The van der Waals surface area contributed by atoms with E-state index in [9.17, 15) is 26.9 Å². The zero-order valence-electron chi connectivity index (χ0n) is 19.4. The summed E-state index contributed by atoms with van der Waals surface area (Å²) in [6, 6.07) is 16.1. The van der Waals surface area contributed by atoms with Gasteiger partial charge < -0.3 is 9.15 Å². The second-order valence-corrected chi connectivity index (χ2v) is 11.9. The minimum atomic E-state index is -4.21. The van der Waals surface area contributed by atoms with Gasteiger partial charge in [-0.3, -0.25) is 14.8 Å². The van der Waals surface area contributed by atoms with Crippen LogP contribution >= 0.6 is 0 Å². The molecule has 11 nitrogen and oxygen atoms in total. The lowest BCUT2D eigenvalue weighted by Gasteiger charge is -2.25. The Bertz CT molecular complexity index is 1730. The number of nitro benzene ring substituents is 1. The van der Waals surface area contributed by atoms with Gasteiger partial charge in [0.1, 0.15) is 5.76 Å². The van der Waals surface area contributed by atoms with Gasteiger partial charge in [0.15, 0.2) is 16.2 Å². The number of hydrogen-bond acceptors (Lipinski definition) is 8. The van der Waals surface area contributed by atoms with E-state index >= 15 is 0 Å². The Morgan fingerprint density at radius 3 is 2.43 bits per heavy atom. The van der Waals surface area contributed by atoms with E-state index in [0.717, 1.165) is 10.4 Å². The highest BCUT2D eigenvalue weighted by molar-refractivity contribution is 7.92. The first-order valence-electron chi connectivity index (χ1n) is 11.1. The predicted octanol–water partition coefficient (Wildman–Crippen LogP) is 3.90. The van der Waals surface area contributed by atoms with Crippen LogP contribution in [0.3, 0.4) is 0 Å². The lowest BCUT2D eigenvalue weighted by atomic mass is 10.1. The van der Waals surface area contributed by atoms with Crippen LogP contribution in [0.15, 0.2) is 80.9 Å². The van der Waals surface area contributed by atoms with Crippen LogP contribution in [0.1, 0.15) is 11.3 Å². The number of sulfonamides is 2. The Morgan fingerprint density at radius 1 is 1.03 bits per heavy atom. The summed E-state index contributed by atoms with van der Waals surface area (Å²) >= 11 is 0. The zero-order valence-corrected chi connectivity index (χ0v) is 21.1. The number of nitrogens with one attached hydrogen (secondary N) is 1. The van der Waals surface area contributed by atoms with E-state index < -0.39 is 35.6 Å². The molecule has 2 heterocycles. The van der Waals surface area contributed by atoms with Crippen LogP contribution < -0.4 is 9.46 Å². The number of para-hydroxylation sites is 1. The van der Waals surface area contributed by atoms with Crippen molar-refractivity contribution in [1.82, 2.24) is 4.31 Å². The molecule has 13 heteroatoms. The molecular weight excluding hydrogens is 522 g/mol. The number of ether oxygens (including phenoxy) is 1. The maximum Gasteiger partial charge on any atom is 0.289 e. The average molecular weight is 544 g/mol. The van der Waals surface area contributed by atoms with Crippen molar-refractivity contribution in [2.45, 2.75) is 22.8 Å². The smallest absolute Gasteiger partial charge is 0.289 e. The first kappa shape index (κ1) is 24.7. The fraction of sp³-hybridized carbons (Fsp3) is 0.167. The predicted molar refractivity (Wildman–Crippen MR) is 134 cm³/mol. The van der Waals surface area contributed by atoms with E-state index in [1.807, 2.05) is 0 Å². The van der Waals surface area contributed by atoms with Crippen molar-refractivity contribution < 1.29 is 30.9 Å². The Hall–Kier alpha value is -3.94. The van der Waals surface area contributed by atoms with Crippen LogP contribution in [0.4, 0.5) is 11.4 Å². The number of methoxy groups -OCH3 is 1. The van der Waals surface area contributed by atoms with Gasteiger partial charge in [-0.2, -0.15) is 4.31 Å². The van der Waals surface area contributed by atoms with Crippen molar-refractivity contribution in [3.63, 3.8) is 0 Å². The SMILES string of the molecule is COc1cc(NS(=O)(=O)c2ccccc2)cc2c3c(oc12)CCN(S(=O)(=O)c1ccccc1[N+](=O)[O-])C3. The summed E-state index contributed by atoms with van der Waals surface area (Å²) in [6.07, 6.45) is 0.220. The highest BCUT2D eigenvalue weighted by atomic mass is 32.2. The molecule has 192 valence electrons. The first-order chi connectivity index (χ1) is 17.6. The van der Waals surface area contributed by atoms with Gasteiger partial charge in [-0.05, 0) is 24.3 Å². The normalized spacial score (nSPS) is 14.3. The van der Waals surface area contributed by atoms with E-state index in [1.165, 1.54) is 43.5 Å². The van der Waals surface area contributed by atoms with Gasteiger partial charge in [-0.1, -0.05) is 30.3 Å². The van der Waals surface area contributed by atoms with Gasteiger partial charge in [0, 0.05) is 42.6 Å². The number of benzene rings is 3. The van der Waals surface area contributed by atoms with Gasteiger partial charge in [-0.25, -0.2) is 16.8 Å². The van der Waals surface area contributed by atoms with Crippen molar-refractivity contribution in [2.75, 3.05) is 18.4 Å². The molecule has 3 aromatic carbocycles. The van der Waals surface area contributed by atoms with E-state index in [1.54, 1.807) is 24.3 Å². The molecule has 5 rings (SSSR count). The molecule has 0 radical (unpaired) electrons. The maximum atomic E-state index is 13.4. The number of furan rings is 1. The average Bonchev–Trinajstić information content (AvgIpc) is 3.26. The summed E-state index contributed by atoms with van der Waals surface area (Å²) in [6.45, 7) is -0.0637. The van der Waals surface area contributed by atoms with Gasteiger partial charge in [0.25, 0.3) is 15.7 Å². The maximum absolute atomic E-state index is 13.4. The van der Waals surface area contributed by atoms with Gasteiger partial charge in [0.05, 0.1) is 22.6 Å². The molecule has 0 atom stereocenters. The van der Waals surface area contributed by atoms with E-state index in [4.69, 9.17) is 9.15 Å². The van der Waals surface area contributed by atoms with Crippen LogP contribution in [0.2, 0.25) is 0 Å². The Labute approximate surface area is 212 Å². The van der Waals surface area contributed by atoms with Gasteiger partial charge in [-0.15, -0.1) is 0 Å². The lowest BCUT2D eigenvalue weighted by molar-refractivity contribution is -0.387. The van der Waals surface area contributed by atoms with Crippen molar-refractivity contribution in [3.8, 4) is 5.75 Å². The fourth-order valence-electron chi connectivity index (χ4n) is 4.32. The van der Waals surface area contributed by atoms with Gasteiger partial charge in [0.2, 0.25) is 10.0 Å². The quantitative estimate of drug-likeness (QED) is 0.272. The molecule has 0 unspecified atom stereocenters. The van der Waals surface area contributed by atoms with Crippen LogP contribution in [0.25, 0.3) is 11.0 Å². The standard InChI is InChI=1S/C24H21N3O8S2/c1-34-22-14-16(25-36(30,31)17-7-3-2-4-8-17)13-18-19-15-26(12-11-21(19)35-24(18)22)37(32,33)23-10-6-5-9-20(23)27(28)29/h2-10,13-14,25H,11-12,15H2,1H3. The van der Waals surface area contributed by atoms with Crippen LogP contribution in [-0.4, -0.2) is 39.7 Å². The first-order valence-corrected chi connectivity index (χ1v) is 14.0. The summed E-state index contributed by atoms with van der Waals surface area (Å²) in [5.74, 6) is 0.802. The molecule has 1 aliphatic rings.